The molecule has 25 heavy (non-hydrogen) atoms. The molecule has 1 aliphatic rings. The van der Waals surface area contributed by atoms with Crippen LogP contribution in [0.1, 0.15) is 30.0 Å². The van der Waals surface area contributed by atoms with Crippen molar-refractivity contribution in [3.63, 3.8) is 0 Å². The van der Waals surface area contributed by atoms with Crippen LogP contribution in [0.3, 0.4) is 0 Å². The van der Waals surface area contributed by atoms with Gasteiger partial charge in [-0.25, -0.2) is 0 Å². The van der Waals surface area contributed by atoms with Crippen LogP contribution in [-0.4, -0.2) is 36.7 Å². The summed E-state index contributed by atoms with van der Waals surface area (Å²) in [6, 6.07) is 12.8. The second-order valence-electron chi connectivity index (χ2n) is 6.17. The maximum Gasteiger partial charge on any atom is 0.227 e. The van der Waals surface area contributed by atoms with Crippen LogP contribution in [0.25, 0.3) is 0 Å². The second kappa shape index (κ2) is 7.47. The molecule has 2 aromatic rings. The van der Waals surface area contributed by atoms with Crippen LogP contribution in [0.4, 0.5) is 0 Å². The average Bonchev–Trinajstić information content (AvgIpc) is 3.13. The van der Waals surface area contributed by atoms with Crippen LogP contribution in [0.2, 0.25) is 0 Å². The van der Waals surface area contributed by atoms with Crippen molar-refractivity contribution in [1.29, 1.82) is 0 Å². The van der Waals surface area contributed by atoms with Crippen LogP contribution >= 0.6 is 0 Å². The maximum atomic E-state index is 12.8. The summed E-state index contributed by atoms with van der Waals surface area (Å²) in [5.74, 6) is 1.54. The molecular weight excluding hydrogens is 318 g/mol. The Balaban J connectivity index is 1.80. The van der Waals surface area contributed by atoms with E-state index in [-0.39, 0.29) is 24.1 Å². The molecule has 0 bridgehead atoms. The number of phenolic OH excluding ortho intramolecular Hbond substituents is 1. The number of rotatable bonds is 5. The van der Waals surface area contributed by atoms with Gasteiger partial charge in [0, 0.05) is 12.1 Å². The lowest BCUT2D eigenvalue weighted by atomic mass is 10.0. The third-order valence-electron chi connectivity index (χ3n) is 4.70. The van der Waals surface area contributed by atoms with E-state index < -0.39 is 0 Å². The van der Waals surface area contributed by atoms with E-state index in [1.54, 1.807) is 32.4 Å². The first-order valence-corrected chi connectivity index (χ1v) is 8.42. The van der Waals surface area contributed by atoms with Crippen molar-refractivity contribution in [3.05, 3.63) is 53.6 Å². The molecule has 0 aromatic heterocycles. The van der Waals surface area contributed by atoms with Gasteiger partial charge in [-0.05, 0) is 36.6 Å². The molecule has 132 valence electrons. The molecule has 1 saturated heterocycles. The first-order chi connectivity index (χ1) is 12.1. The smallest absolute Gasteiger partial charge is 0.227 e. The Bertz CT molecular complexity index is 759. The summed E-state index contributed by atoms with van der Waals surface area (Å²) in [5.41, 5.74) is 1.70. The van der Waals surface area contributed by atoms with Crippen molar-refractivity contribution in [1.82, 2.24) is 4.90 Å². The third kappa shape index (κ3) is 3.55. The fraction of sp³-hybridized carbons (Fsp3) is 0.350. The average molecular weight is 341 g/mol. The summed E-state index contributed by atoms with van der Waals surface area (Å²) in [6.07, 6.45) is 2.09. The number of ether oxygens (including phenoxy) is 2. The topological polar surface area (TPSA) is 59.0 Å². The van der Waals surface area contributed by atoms with E-state index in [1.165, 1.54) is 0 Å². The minimum Gasteiger partial charge on any atom is -0.508 e. The molecule has 1 aliphatic heterocycles. The number of hydrogen-bond donors (Lipinski definition) is 1. The Labute approximate surface area is 147 Å². The highest BCUT2D eigenvalue weighted by molar-refractivity contribution is 5.80. The van der Waals surface area contributed by atoms with Crippen LogP contribution in [0.15, 0.2) is 42.5 Å². The van der Waals surface area contributed by atoms with Crippen LogP contribution < -0.4 is 9.47 Å². The summed E-state index contributed by atoms with van der Waals surface area (Å²) in [7, 11) is 3.21. The predicted molar refractivity (Wildman–Crippen MR) is 95.0 cm³/mol. The summed E-state index contributed by atoms with van der Waals surface area (Å²) in [6.45, 7) is 0.728. The van der Waals surface area contributed by atoms with Gasteiger partial charge in [0.05, 0.1) is 26.7 Å². The molecule has 1 atom stereocenters. The Morgan fingerprint density at radius 3 is 2.64 bits per heavy atom. The Morgan fingerprint density at radius 2 is 1.92 bits per heavy atom. The number of benzene rings is 2. The summed E-state index contributed by atoms with van der Waals surface area (Å²) in [5, 5.41) is 9.91. The van der Waals surface area contributed by atoms with Gasteiger partial charge in [-0.2, -0.15) is 0 Å². The number of amides is 1. The number of para-hydroxylation sites is 1. The summed E-state index contributed by atoms with van der Waals surface area (Å²) in [4.78, 5) is 14.7. The quantitative estimate of drug-likeness (QED) is 0.906. The number of carbonyl (C=O) groups excluding carboxylic acids is 1. The highest BCUT2D eigenvalue weighted by Gasteiger charge is 2.30. The molecule has 0 aliphatic carbocycles. The summed E-state index contributed by atoms with van der Waals surface area (Å²) >= 11 is 0. The van der Waals surface area contributed by atoms with Gasteiger partial charge in [-0.1, -0.05) is 24.3 Å². The molecule has 1 heterocycles. The third-order valence-corrected chi connectivity index (χ3v) is 4.70. The lowest BCUT2D eigenvalue weighted by molar-refractivity contribution is -0.131. The number of likely N-dealkylation sites (tertiary alicyclic amines) is 1. The lowest BCUT2D eigenvalue weighted by Gasteiger charge is -2.26. The number of carbonyl (C=O) groups is 1. The first-order valence-electron chi connectivity index (χ1n) is 8.42. The van der Waals surface area contributed by atoms with Gasteiger partial charge < -0.3 is 19.5 Å². The zero-order valence-corrected chi connectivity index (χ0v) is 14.6. The van der Waals surface area contributed by atoms with Crippen molar-refractivity contribution in [2.24, 2.45) is 0 Å². The largest absolute Gasteiger partial charge is 0.508 e. The van der Waals surface area contributed by atoms with Gasteiger partial charge in [0.25, 0.3) is 0 Å². The SMILES string of the molecule is COc1ccc([C@H]2CCCN2C(=O)Cc2ccccc2O)cc1OC. The predicted octanol–water partition coefficient (Wildman–Crippen LogP) is 3.32. The molecule has 0 saturated carbocycles. The van der Waals surface area contributed by atoms with Gasteiger partial charge >= 0.3 is 0 Å². The molecule has 5 nitrogen and oxygen atoms in total. The second-order valence-corrected chi connectivity index (χ2v) is 6.17. The normalized spacial score (nSPS) is 16.7. The highest BCUT2D eigenvalue weighted by Crippen LogP contribution is 2.37. The van der Waals surface area contributed by atoms with E-state index in [1.807, 2.05) is 29.2 Å². The number of phenols is 1. The number of aromatic hydroxyl groups is 1. The highest BCUT2D eigenvalue weighted by atomic mass is 16.5. The number of nitrogens with zero attached hydrogens (tertiary/aromatic N) is 1. The molecule has 0 spiro atoms. The van der Waals surface area contributed by atoms with Crippen LogP contribution in [0, 0.1) is 0 Å². The fourth-order valence-electron chi connectivity index (χ4n) is 3.40. The first kappa shape index (κ1) is 17.1. The summed E-state index contributed by atoms with van der Waals surface area (Å²) < 4.78 is 10.7. The number of methoxy groups -OCH3 is 2. The van der Waals surface area contributed by atoms with Crippen LogP contribution in [0.5, 0.6) is 17.2 Å². The van der Waals surface area contributed by atoms with Crippen molar-refractivity contribution < 1.29 is 19.4 Å². The van der Waals surface area contributed by atoms with Crippen molar-refractivity contribution in [2.45, 2.75) is 25.3 Å². The Kier molecular flexibility index (Phi) is 5.12. The van der Waals surface area contributed by atoms with E-state index in [2.05, 4.69) is 0 Å². The minimum atomic E-state index is 0.0261. The molecule has 0 radical (unpaired) electrons. The van der Waals surface area contributed by atoms with Gasteiger partial charge in [0.2, 0.25) is 5.91 Å². The van der Waals surface area contributed by atoms with Gasteiger partial charge in [-0.3, -0.25) is 4.79 Å². The van der Waals surface area contributed by atoms with Gasteiger partial charge in [0.1, 0.15) is 5.75 Å². The van der Waals surface area contributed by atoms with E-state index >= 15 is 0 Å². The van der Waals surface area contributed by atoms with E-state index in [9.17, 15) is 9.90 Å². The standard InChI is InChI=1S/C20H23NO4/c1-24-18-10-9-14(12-19(18)25-2)16-7-5-11-21(16)20(23)13-15-6-3-4-8-17(15)22/h3-4,6,8-10,12,16,22H,5,7,11,13H2,1-2H3/t16-/m1/s1. The van der Waals surface area contributed by atoms with Crippen molar-refractivity contribution >= 4 is 5.91 Å². The molecule has 2 aromatic carbocycles. The lowest BCUT2D eigenvalue weighted by Crippen LogP contribution is -2.31. The molecule has 3 rings (SSSR count). The van der Waals surface area contributed by atoms with E-state index in [0.717, 1.165) is 24.9 Å². The van der Waals surface area contributed by atoms with Crippen molar-refractivity contribution in [2.75, 3.05) is 20.8 Å². The monoisotopic (exact) mass is 341 g/mol. The van der Waals surface area contributed by atoms with Gasteiger partial charge in [0.15, 0.2) is 11.5 Å². The van der Waals surface area contributed by atoms with Gasteiger partial charge in [-0.15, -0.1) is 0 Å². The minimum absolute atomic E-state index is 0.0261. The maximum absolute atomic E-state index is 12.8. The zero-order chi connectivity index (χ0) is 17.8. The molecule has 0 unspecified atom stereocenters. The fourth-order valence-corrected chi connectivity index (χ4v) is 3.40. The molecule has 1 N–H and O–H groups in total. The molecular formula is C20H23NO4. The van der Waals surface area contributed by atoms with Crippen LogP contribution in [-0.2, 0) is 11.2 Å². The number of hydrogen-bond acceptors (Lipinski definition) is 4. The molecule has 1 fully saturated rings. The molecule has 1 amide bonds. The van der Waals surface area contributed by atoms with E-state index in [4.69, 9.17) is 9.47 Å². The van der Waals surface area contributed by atoms with Crippen molar-refractivity contribution in [3.8, 4) is 17.2 Å². The Morgan fingerprint density at radius 1 is 1.16 bits per heavy atom. The zero-order valence-electron chi connectivity index (χ0n) is 14.6. The Hall–Kier alpha value is -2.69. The molecule has 5 heteroatoms. The van der Waals surface area contributed by atoms with E-state index in [0.29, 0.717) is 17.1 Å².